The predicted molar refractivity (Wildman–Crippen MR) is 60.0 cm³/mol. The van der Waals surface area contributed by atoms with Crippen LogP contribution in [-0.2, 0) is 10.9 Å². The highest BCUT2D eigenvalue weighted by atomic mass is 19.4. The molecule has 2 atom stereocenters. The molecule has 1 aliphatic rings. The Balaban J connectivity index is 2.26. The molecule has 1 N–H and O–H groups in total. The van der Waals surface area contributed by atoms with Crippen LogP contribution < -0.4 is 0 Å². The Morgan fingerprint density at radius 1 is 1.22 bits per heavy atom. The van der Waals surface area contributed by atoms with Gasteiger partial charge in [-0.1, -0.05) is 18.2 Å². The highest BCUT2D eigenvalue weighted by Crippen LogP contribution is 2.37. The van der Waals surface area contributed by atoms with Crippen molar-refractivity contribution in [2.75, 3.05) is 6.61 Å². The van der Waals surface area contributed by atoms with Crippen molar-refractivity contribution in [1.29, 1.82) is 0 Å². The molecule has 1 aliphatic heterocycles. The van der Waals surface area contributed by atoms with E-state index in [1.165, 1.54) is 18.2 Å². The van der Waals surface area contributed by atoms with Crippen LogP contribution in [0.5, 0.6) is 0 Å². The van der Waals surface area contributed by atoms with E-state index in [2.05, 4.69) is 0 Å². The fourth-order valence-electron chi connectivity index (χ4n) is 2.23. The summed E-state index contributed by atoms with van der Waals surface area (Å²) in [4.78, 5) is 0. The lowest BCUT2D eigenvalue weighted by molar-refractivity contribution is -0.140. The van der Waals surface area contributed by atoms with E-state index in [4.69, 9.17) is 4.74 Å². The molecule has 0 spiro atoms. The highest BCUT2D eigenvalue weighted by Gasteiger charge is 2.36. The molecule has 1 aromatic rings. The van der Waals surface area contributed by atoms with Gasteiger partial charge in [-0.05, 0) is 30.9 Å². The smallest absolute Gasteiger partial charge is 0.386 e. The molecular formula is C13H15F3O2. The summed E-state index contributed by atoms with van der Waals surface area (Å²) in [6, 6.07) is 5.12. The van der Waals surface area contributed by atoms with Crippen molar-refractivity contribution in [3.05, 3.63) is 35.4 Å². The molecule has 18 heavy (non-hydrogen) atoms. The summed E-state index contributed by atoms with van der Waals surface area (Å²) in [7, 11) is 0. The Labute approximate surface area is 103 Å². The molecular weight excluding hydrogens is 245 g/mol. The molecule has 0 radical (unpaired) electrons. The number of halogens is 3. The Morgan fingerprint density at radius 3 is 2.56 bits per heavy atom. The molecule has 1 heterocycles. The second kappa shape index (κ2) is 5.28. The maximum absolute atomic E-state index is 12.8. The van der Waals surface area contributed by atoms with Gasteiger partial charge in [0, 0.05) is 6.61 Å². The quantitative estimate of drug-likeness (QED) is 0.884. The SMILES string of the molecule is OC(c1ccccc1C(F)(F)F)C1CCCCO1. The van der Waals surface area contributed by atoms with E-state index in [-0.39, 0.29) is 5.56 Å². The lowest BCUT2D eigenvalue weighted by Crippen LogP contribution is -2.28. The fraction of sp³-hybridized carbons (Fsp3) is 0.538. The minimum absolute atomic E-state index is 0.100. The van der Waals surface area contributed by atoms with E-state index < -0.39 is 23.9 Å². The van der Waals surface area contributed by atoms with Crippen molar-refractivity contribution in [1.82, 2.24) is 0 Å². The number of hydrogen-bond acceptors (Lipinski definition) is 2. The van der Waals surface area contributed by atoms with Crippen LogP contribution in [0.4, 0.5) is 13.2 Å². The number of ether oxygens (including phenoxy) is 1. The predicted octanol–water partition coefficient (Wildman–Crippen LogP) is 3.31. The van der Waals surface area contributed by atoms with Crippen molar-refractivity contribution >= 4 is 0 Å². The summed E-state index contributed by atoms with van der Waals surface area (Å²) >= 11 is 0. The molecule has 100 valence electrons. The first-order valence-corrected chi connectivity index (χ1v) is 5.96. The Kier molecular flexibility index (Phi) is 3.92. The molecule has 2 unspecified atom stereocenters. The first kappa shape index (κ1) is 13.4. The van der Waals surface area contributed by atoms with E-state index >= 15 is 0 Å². The second-order valence-electron chi connectivity index (χ2n) is 4.43. The van der Waals surface area contributed by atoms with E-state index in [1.54, 1.807) is 0 Å². The van der Waals surface area contributed by atoms with Gasteiger partial charge >= 0.3 is 6.18 Å². The molecule has 0 bridgehead atoms. The Hall–Kier alpha value is -1.07. The number of aliphatic hydroxyl groups is 1. The number of hydrogen-bond donors (Lipinski definition) is 1. The number of aliphatic hydroxyl groups excluding tert-OH is 1. The maximum Gasteiger partial charge on any atom is 0.416 e. The third kappa shape index (κ3) is 2.84. The van der Waals surface area contributed by atoms with Gasteiger partial charge in [-0.15, -0.1) is 0 Å². The van der Waals surface area contributed by atoms with Gasteiger partial charge in [-0.25, -0.2) is 0 Å². The van der Waals surface area contributed by atoms with Crippen molar-refractivity contribution < 1.29 is 23.0 Å². The van der Waals surface area contributed by atoms with Crippen LogP contribution in [0.1, 0.15) is 36.5 Å². The Morgan fingerprint density at radius 2 is 1.94 bits per heavy atom. The molecule has 1 aromatic carbocycles. The van der Waals surface area contributed by atoms with Gasteiger partial charge in [0.2, 0.25) is 0 Å². The average Bonchev–Trinajstić information content (AvgIpc) is 2.38. The van der Waals surface area contributed by atoms with Crippen molar-refractivity contribution in [3.63, 3.8) is 0 Å². The van der Waals surface area contributed by atoms with Gasteiger partial charge in [0.15, 0.2) is 0 Å². The van der Waals surface area contributed by atoms with Gasteiger partial charge in [0.05, 0.1) is 11.7 Å². The number of alkyl halides is 3. The third-order valence-electron chi connectivity index (χ3n) is 3.15. The van der Waals surface area contributed by atoms with Gasteiger partial charge in [0.1, 0.15) is 6.10 Å². The zero-order valence-corrected chi connectivity index (χ0v) is 9.78. The van der Waals surface area contributed by atoms with Crippen LogP contribution in [0.3, 0.4) is 0 Å². The summed E-state index contributed by atoms with van der Waals surface area (Å²) < 4.78 is 43.8. The number of benzene rings is 1. The van der Waals surface area contributed by atoms with Crippen LogP contribution in [-0.4, -0.2) is 17.8 Å². The molecule has 5 heteroatoms. The third-order valence-corrected chi connectivity index (χ3v) is 3.15. The fourth-order valence-corrected chi connectivity index (χ4v) is 2.23. The molecule has 1 fully saturated rings. The van der Waals surface area contributed by atoms with Crippen LogP contribution in [0, 0.1) is 0 Å². The van der Waals surface area contributed by atoms with Crippen LogP contribution in [0.2, 0.25) is 0 Å². The van der Waals surface area contributed by atoms with Gasteiger partial charge in [0.25, 0.3) is 0 Å². The summed E-state index contributed by atoms with van der Waals surface area (Å²) in [6.07, 6.45) is -3.86. The lowest BCUT2D eigenvalue weighted by atomic mass is 9.94. The molecule has 1 saturated heterocycles. The zero-order valence-electron chi connectivity index (χ0n) is 9.78. The summed E-state index contributed by atoms with van der Waals surface area (Å²) in [5.74, 6) is 0. The summed E-state index contributed by atoms with van der Waals surface area (Å²) in [6.45, 7) is 0.496. The maximum atomic E-state index is 12.8. The molecule has 2 rings (SSSR count). The summed E-state index contributed by atoms with van der Waals surface area (Å²) in [5, 5.41) is 10.1. The van der Waals surface area contributed by atoms with Gasteiger partial charge in [-0.2, -0.15) is 13.2 Å². The standard InChI is InChI=1S/C13H15F3O2/c14-13(15,16)10-6-2-1-5-9(10)12(17)11-7-3-4-8-18-11/h1-2,5-6,11-12,17H,3-4,7-8H2. The minimum Gasteiger partial charge on any atom is -0.386 e. The minimum atomic E-state index is -4.45. The van der Waals surface area contributed by atoms with E-state index in [0.29, 0.717) is 13.0 Å². The van der Waals surface area contributed by atoms with Gasteiger partial charge < -0.3 is 9.84 Å². The highest BCUT2D eigenvalue weighted by molar-refractivity contribution is 5.32. The topological polar surface area (TPSA) is 29.5 Å². The van der Waals surface area contributed by atoms with Crippen molar-refractivity contribution in [2.45, 2.75) is 37.6 Å². The first-order valence-electron chi connectivity index (χ1n) is 5.96. The molecule has 2 nitrogen and oxygen atoms in total. The van der Waals surface area contributed by atoms with Crippen LogP contribution >= 0.6 is 0 Å². The molecule has 0 aliphatic carbocycles. The number of rotatable bonds is 2. The van der Waals surface area contributed by atoms with Crippen molar-refractivity contribution in [2.24, 2.45) is 0 Å². The van der Waals surface area contributed by atoms with E-state index in [1.807, 2.05) is 0 Å². The molecule has 0 amide bonds. The van der Waals surface area contributed by atoms with E-state index in [9.17, 15) is 18.3 Å². The lowest BCUT2D eigenvalue weighted by Gasteiger charge is -2.28. The Bertz CT molecular complexity index is 397. The largest absolute Gasteiger partial charge is 0.416 e. The molecule has 0 saturated carbocycles. The second-order valence-corrected chi connectivity index (χ2v) is 4.43. The van der Waals surface area contributed by atoms with E-state index in [0.717, 1.165) is 18.9 Å². The zero-order chi connectivity index (χ0) is 13.2. The van der Waals surface area contributed by atoms with Crippen LogP contribution in [0.25, 0.3) is 0 Å². The average molecular weight is 260 g/mol. The monoisotopic (exact) mass is 260 g/mol. The summed E-state index contributed by atoms with van der Waals surface area (Å²) in [5.41, 5.74) is -0.886. The normalized spacial score (nSPS) is 22.8. The van der Waals surface area contributed by atoms with Crippen LogP contribution in [0.15, 0.2) is 24.3 Å². The first-order chi connectivity index (χ1) is 8.50. The molecule has 0 aromatic heterocycles. The van der Waals surface area contributed by atoms with Crippen molar-refractivity contribution in [3.8, 4) is 0 Å². The van der Waals surface area contributed by atoms with Gasteiger partial charge in [-0.3, -0.25) is 0 Å².